The van der Waals surface area contributed by atoms with Crippen LogP contribution >= 0.6 is 0 Å². The number of carbonyl (C=O) groups is 1. The number of halogens is 1. The van der Waals surface area contributed by atoms with E-state index >= 15 is 0 Å². The van der Waals surface area contributed by atoms with Crippen LogP contribution in [0.2, 0.25) is 0 Å². The van der Waals surface area contributed by atoms with Gasteiger partial charge in [0.1, 0.15) is 5.82 Å². The molecule has 0 aromatic heterocycles. The van der Waals surface area contributed by atoms with Gasteiger partial charge in [0, 0.05) is 44.4 Å². The molecule has 2 fully saturated rings. The lowest BCUT2D eigenvalue weighted by Gasteiger charge is -2.33. The molecule has 176 valence electrons. The van der Waals surface area contributed by atoms with Gasteiger partial charge in [0.05, 0.1) is 21.1 Å². The lowest BCUT2D eigenvalue weighted by molar-refractivity contribution is -0.384. The molecule has 33 heavy (non-hydrogen) atoms. The number of benzene rings is 2. The fraction of sp³-hybridized carbons (Fsp3) is 0.409. The maximum Gasteiger partial charge on any atom is 0.270 e. The summed E-state index contributed by atoms with van der Waals surface area (Å²) in [4.78, 5) is 27.7. The standard InChI is InChI=1S/C22H25FN4O5S/c23-16-3-6-19(7-4-16)33(31,32)24-17-9-13-26(14-10-17)22(28)20-15-18(27(29)30)5-8-21(20)25-11-1-2-12-25/h3-8,15,17,24H,1-2,9-14H2. The van der Waals surface area contributed by atoms with Crippen molar-refractivity contribution in [2.75, 3.05) is 31.1 Å². The average molecular weight is 477 g/mol. The van der Waals surface area contributed by atoms with Crippen molar-refractivity contribution in [1.82, 2.24) is 9.62 Å². The molecule has 9 nitrogen and oxygen atoms in total. The van der Waals surface area contributed by atoms with Crippen molar-refractivity contribution in [3.8, 4) is 0 Å². The number of rotatable bonds is 6. The first-order valence-electron chi connectivity index (χ1n) is 10.9. The Balaban J connectivity index is 1.45. The highest BCUT2D eigenvalue weighted by atomic mass is 32.2. The molecule has 2 heterocycles. The van der Waals surface area contributed by atoms with Gasteiger partial charge in [-0.25, -0.2) is 17.5 Å². The number of non-ortho nitro benzene ring substituents is 1. The molecule has 0 radical (unpaired) electrons. The minimum atomic E-state index is -3.80. The second kappa shape index (κ2) is 9.44. The lowest BCUT2D eigenvalue weighted by Crippen LogP contribution is -2.46. The van der Waals surface area contributed by atoms with Crippen molar-refractivity contribution in [1.29, 1.82) is 0 Å². The van der Waals surface area contributed by atoms with Crippen molar-refractivity contribution < 1.29 is 22.5 Å². The highest BCUT2D eigenvalue weighted by Crippen LogP contribution is 2.30. The minimum absolute atomic E-state index is 0.0192. The first kappa shape index (κ1) is 23.1. The van der Waals surface area contributed by atoms with Crippen LogP contribution in [-0.4, -0.2) is 56.4 Å². The maximum atomic E-state index is 13.3. The van der Waals surface area contributed by atoms with Gasteiger partial charge >= 0.3 is 0 Å². The smallest absolute Gasteiger partial charge is 0.270 e. The molecule has 2 aromatic carbocycles. The van der Waals surface area contributed by atoms with Gasteiger partial charge < -0.3 is 9.80 Å². The van der Waals surface area contributed by atoms with Crippen molar-refractivity contribution in [3.63, 3.8) is 0 Å². The van der Waals surface area contributed by atoms with E-state index in [2.05, 4.69) is 9.62 Å². The van der Waals surface area contributed by atoms with Gasteiger partial charge in [-0.2, -0.15) is 0 Å². The second-order valence-electron chi connectivity index (χ2n) is 8.29. The summed E-state index contributed by atoms with van der Waals surface area (Å²) >= 11 is 0. The van der Waals surface area contributed by atoms with E-state index in [-0.39, 0.29) is 22.5 Å². The van der Waals surface area contributed by atoms with E-state index < -0.39 is 20.8 Å². The van der Waals surface area contributed by atoms with E-state index in [1.54, 1.807) is 11.0 Å². The Morgan fingerprint density at radius 3 is 2.27 bits per heavy atom. The van der Waals surface area contributed by atoms with E-state index in [4.69, 9.17) is 0 Å². The van der Waals surface area contributed by atoms with Gasteiger partial charge in [-0.1, -0.05) is 0 Å². The monoisotopic (exact) mass is 476 g/mol. The lowest BCUT2D eigenvalue weighted by atomic mass is 10.0. The number of hydrogen-bond acceptors (Lipinski definition) is 6. The van der Waals surface area contributed by atoms with Crippen molar-refractivity contribution in [3.05, 3.63) is 64.0 Å². The van der Waals surface area contributed by atoms with Crippen LogP contribution in [0.15, 0.2) is 47.4 Å². The molecule has 0 spiro atoms. The molecule has 0 saturated carbocycles. The summed E-state index contributed by atoms with van der Waals surface area (Å²) in [7, 11) is -3.80. The fourth-order valence-corrected chi connectivity index (χ4v) is 5.62. The van der Waals surface area contributed by atoms with E-state index in [1.807, 2.05) is 0 Å². The maximum absolute atomic E-state index is 13.3. The Labute approximate surface area is 191 Å². The summed E-state index contributed by atoms with van der Waals surface area (Å²) in [6.45, 7) is 2.23. The van der Waals surface area contributed by atoms with Gasteiger partial charge in [0.2, 0.25) is 10.0 Å². The highest BCUT2D eigenvalue weighted by molar-refractivity contribution is 7.89. The zero-order chi connectivity index (χ0) is 23.6. The van der Waals surface area contributed by atoms with Crippen LogP contribution < -0.4 is 9.62 Å². The van der Waals surface area contributed by atoms with Crippen LogP contribution in [0.5, 0.6) is 0 Å². The second-order valence-corrected chi connectivity index (χ2v) is 10.0. The number of hydrogen-bond donors (Lipinski definition) is 1. The van der Waals surface area contributed by atoms with Gasteiger partial charge in [0.15, 0.2) is 0 Å². The van der Waals surface area contributed by atoms with Gasteiger partial charge in [-0.05, 0) is 56.0 Å². The number of nitro benzene ring substituents is 1. The SMILES string of the molecule is O=C(c1cc([N+](=O)[O-])ccc1N1CCCC1)N1CCC(NS(=O)(=O)c2ccc(F)cc2)CC1. The predicted octanol–water partition coefficient (Wildman–Crippen LogP) is 2.92. The molecule has 4 rings (SSSR count). The quantitative estimate of drug-likeness (QED) is 0.507. The minimum Gasteiger partial charge on any atom is -0.371 e. The average Bonchev–Trinajstić information content (AvgIpc) is 3.33. The van der Waals surface area contributed by atoms with E-state index in [1.165, 1.54) is 24.3 Å². The normalized spacial score (nSPS) is 17.4. The molecule has 0 aliphatic carbocycles. The molecular weight excluding hydrogens is 451 g/mol. The molecule has 2 aliphatic rings. The number of carbonyl (C=O) groups excluding carboxylic acids is 1. The third-order valence-electron chi connectivity index (χ3n) is 6.10. The largest absolute Gasteiger partial charge is 0.371 e. The zero-order valence-corrected chi connectivity index (χ0v) is 18.8. The summed E-state index contributed by atoms with van der Waals surface area (Å²) in [5, 5.41) is 11.3. The Morgan fingerprint density at radius 2 is 1.67 bits per heavy atom. The highest BCUT2D eigenvalue weighted by Gasteiger charge is 2.30. The topological polar surface area (TPSA) is 113 Å². The van der Waals surface area contributed by atoms with Crippen molar-refractivity contribution in [2.45, 2.75) is 36.6 Å². The Bertz CT molecular complexity index is 1140. The summed E-state index contributed by atoms with van der Waals surface area (Å²) in [5.41, 5.74) is 0.863. The van der Waals surface area contributed by atoms with Crippen molar-refractivity contribution >= 4 is 27.3 Å². The number of likely N-dealkylation sites (tertiary alicyclic amines) is 1. The summed E-state index contributed by atoms with van der Waals surface area (Å²) in [6.07, 6.45) is 2.81. The molecule has 0 bridgehead atoms. The number of piperidine rings is 1. The predicted molar refractivity (Wildman–Crippen MR) is 120 cm³/mol. The van der Waals surface area contributed by atoms with Gasteiger partial charge in [-0.3, -0.25) is 14.9 Å². The van der Waals surface area contributed by atoms with Crippen molar-refractivity contribution in [2.24, 2.45) is 0 Å². The Morgan fingerprint density at radius 1 is 1.03 bits per heavy atom. The van der Waals surface area contributed by atoms with Crippen LogP contribution in [0.1, 0.15) is 36.0 Å². The van der Waals surface area contributed by atoms with Crippen LogP contribution in [0.3, 0.4) is 0 Å². The van der Waals surface area contributed by atoms with E-state index in [0.717, 1.165) is 38.1 Å². The number of nitrogens with one attached hydrogen (secondary N) is 1. The first-order chi connectivity index (χ1) is 15.7. The van der Waals surface area contributed by atoms with Crippen LogP contribution in [-0.2, 0) is 10.0 Å². The molecule has 2 aromatic rings. The number of anilines is 1. The molecule has 1 amide bonds. The third kappa shape index (κ3) is 5.14. The molecule has 2 saturated heterocycles. The van der Waals surface area contributed by atoms with Crippen LogP contribution in [0.4, 0.5) is 15.8 Å². The molecule has 11 heteroatoms. The summed E-state index contributed by atoms with van der Waals surface area (Å²) in [6, 6.07) is 8.62. The molecule has 0 atom stereocenters. The molecule has 2 aliphatic heterocycles. The number of nitro groups is 1. The number of amides is 1. The van der Waals surface area contributed by atoms with E-state index in [9.17, 15) is 27.7 Å². The summed E-state index contributed by atoms with van der Waals surface area (Å²) < 4.78 is 40.8. The zero-order valence-electron chi connectivity index (χ0n) is 17.9. The first-order valence-corrected chi connectivity index (χ1v) is 12.3. The molecule has 0 unspecified atom stereocenters. The number of sulfonamides is 1. The van der Waals surface area contributed by atoms with E-state index in [0.29, 0.717) is 37.2 Å². The van der Waals surface area contributed by atoms with Gasteiger partial charge in [-0.15, -0.1) is 0 Å². The summed E-state index contributed by atoms with van der Waals surface area (Å²) in [5.74, 6) is -0.810. The van der Waals surface area contributed by atoms with Crippen LogP contribution in [0.25, 0.3) is 0 Å². The molecular formula is C22H25FN4O5S. The third-order valence-corrected chi connectivity index (χ3v) is 7.63. The molecule has 1 N–H and O–H groups in total. The van der Waals surface area contributed by atoms with Crippen LogP contribution in [0, 0.1) is 15.9 Å². The fourth-order valence-electron chi connectivity index (χ4n) is 4.31. The Kier molecular flexibility index (Phi) is 6.61. The number of nitrogens with zero attached hydrogens (tertiary/aromatic N) is 3. The van der Waals surface area contributed by atoms with Gasteiger partial charge in [0.25, 0.3) is 11.6 Å². The Hall–Kier alpha value is -3.05.